The Hall–Kier alpha value is -2.82. The highest BCUT2D eigenvalue weighted by Crippen LogP contribution is 2.45. The molecule has 0 spiro atoms. The molecular weight excluding hydrogens is 392 g/mol. The normalized spacial score (nSPS) is 15.6. The molecule has 0 saturated heterocycles. The van der Waals surface area contributed by atoms with Gasteiger partial charge < -0.3 is 14.3 Å². The van der Waals surface area contributed by atoms with Crippen molar-refractivity contribution in [3.05, 3.63) is 56.5 Å². The predicted octanol–water partition coefficient (Wildman–Crippen LogP) is 6.04. The van der Waals surface area contributed by atoms with Crippen molar-refractivity contribution in [1.29, 1.82) is 0 Å². The Morgan fingerprint density at radius 2 is 1.97 bits per heavy atom. The summed E-state index contributed by atoms with van der Waals surface area (Å²) in [5.41, 5.74) is 3.60. The molecule has 1 aliphatic heterocycles. The topological polar surface area (TPSA) is 76.7 Å². The fourth-order valence-corrected chi connectivity index (χ4v) is 4.09. The highest BCUT2D eigenvalue weighted by atomic mass is 16.5. The summed E-state index contributed by atoms with van der Waals surface area (Å²) in [6, 6.07) is 1.47. The summed E-state index contributed by atoms with van der Waals surface area (Å²) < 4.78 is 11.6. The number of benzene rings is 1. The lowest BCUT2D eigenvalue weighted by atomic mass is 9.91. The molecule has 0 saturated carbocycles. The highest BCUT2D eigenvalue weighted by Gasteiger charge is 2.31. The monoisotopic (exact) mass is 424 g/mol. The molecule has 166 valence electrons. The Morgan fingerprint density at radius 1 is 1.23 bits per heavy atom. The number of rotatable bonds is 8. The fraction of sp³-hybridized carbons (Fsp3) is 0.462. The number of phenolic OH excluding ortho intramolecular Hbond substituents is 1. The van der Waals surface area contributed by atoms with Crippen LogP contribution in [0.2, 0.25) is 0 Å². The molecular formula is C26H32O5. The van der Waals surface area contributed by atoms with E-state index in [1.165, 1.54) is 17.2 Å². The van der Waals surface area contributed by atoms with Crippen LogP contribution in [-0.4, -0.2) is 17.0 Å². The zero-order chi connectivity index (χ0) is 22.7. The summed E-state index contributed by atoms with van der Waals surface area (Å²) in [6.07, 6.45) is 7.92. The molecule has 5 heteroatoms. The Morgan fingerprint density at radius 3 is 2.65 bits per heavy atom. The van der Waals surface area contributed by atoms with Crippen LogP contribution in [-0.2, 0) is 12.8 Å². The molecule has 0 aliphatic carbocycles. The van der Waals surface area contributed by atoms with Gasteiger partial charge >= 0.3 is 5.63 Å². The number of phenols is 1. The van der Waals surface area contributed by atoms with Gasteiger partial charge in [0.15, 0.2) is 11.4 Å². The minimum Gasteiger partial charge on any atom is -0.507 e. The smallest absolute Gasteiger partial charge is 0.336 e. The van der Waals surface area contributed by atoms with Crippen LogP contribution >= 0.6 is 0 Å². The molecule has 1 aliphatic rings. The van der Waals surface area contributed by atoms with E-state index in [1.807, 2.05) is 13.8 Å². The van der Waals surface area contributed by atoms with Crippen molar-refractivity contribution in [2.45, 2.75) is 79.2 Å². The molecule has 3 rings (SSSR count). The van der Waals surface area contributed by atoms with Crippen LogP contribution in [0.1, 0.15) is 81.8 Å². The van der Waals surface area contributed by atoms with Gasteiger partial charge in [0.25, 0.3) is 0 Å². The molecule has 2 aromatic rings. The molecule has 2 heterocycles. The summed E-state index contributed by atoms with van der Waals surface area (Å²) in [5.74, 6) is 0.158. The summed E-state index contributed by atoms with van der Waals surface area (Å²) in [4.78, 5) is 25.1. The van der Waals surface area contributed by atoms with Gasteiger partial charge in [0.1, 0.15) is 23.2 Å². The first-order valence-electron chi connectivity index (χ1n) is 11.1. The first-order valence-corrected chi connectivity index (χ1v) is 11.1. The maximum Gasteiger partial charge on any atom is 0.336 e. The second-order valence-electron chi connectivity index (χ2n) is 8.71. The first kappa shape index (κ1) is 22.9. The van der Waals surface area contributed by atoms with E-state index in [0.29, 0.717) is 36.0 Å². The minimum absolute atomic E-state index is 0.100. The zero-order valence-corrected chi connectivity index (χ0v) is 19.1. The van der Waals surface area contributed by atoms with E-state index in [9.17, 15) is 14.7 Å². The Kier molecular flexibility index (Phi) is 7.04. The van der Waals surface area contributed by atoms with Crippen molar-refractivity contribution < 1.29 is 19.1 Å². The van der Waals surface area contributed by atoms with Crippen LogP contribution in [0, 0.1) is 0 Å². The number of hydrogen-bond acceptors (Lipinski definition) is 5. The van der Waals surface area contributed by atoms with Crippen molar-refractivity contribution in [2.24, 2.45) is 0 Å². The number of hydrogen-bond donors (Lipinski definition) is 1. The molecule has 0 bridgehead atoms. The van der Waals surface area contributed by atoms with E-state index in [-0.39, 0.29) is 35.2 Å². The Balaban J connectivity index is 2.16. The van der Waals surface area contributed by atoms with Crippen LogP contribution in [0.15, 0.2) is 38.6 Å². The summed E-state index contributed by atoms with van der Waals surface area (Å²) >= 11 is 0. The largest absolute Gasteiger partial charge is 0.507 e. The Bertz CT molecular complexity index is 1110. The maximum absolute atomic E-state index is 12.9. The van der Waals surface area contributed by atoms with E-state index in [2.05, 4.69) is 32.9 Å². The lowest BCUT2D eigenvalue weighted by molar-refractivity contribution is 0.0979. The lowest BCUT2D eigenvalue weighted by Crippen LogP contribution is -2.23. The molecule has 1 aromatic heterocycles. The molecule has 0 fully saturated rings. The number of carbonyl (C=O) groups excluding carboxylic acids is 1. The SMILES string of the molecule is CCCC(=O)c1c(O)c(C/C=C(\C)CCC=C(C)C)c2c3c(cc(=O)oc13)CC(C)O2. The standard InChI is InChI=1S/C26H32O5/c1-6-8-20(27)23-24(29)19(12-11-16(4)10-7-9-15(2)3)25-22-18(13-17(5)30-25)14-21(28)31-26(22)23/h9,11,14,17,29H,6-8,10,12-13H2,1-5H3/b16-11+. The fourth-order valence-electron chi connectivity index (χ4n) is 4.09. The number of ether oxygens (including phenoxy) is 1. The number of aromatic hydroxyl groups is 1. The third kappa shape index (κ3) is 4.92. The molecule has 1 aromatic carbocycles. The summed E-state index contributed by atoms with van der Waals surface area (Å²) in [6.45, 7) is 10.1. The molecule has 1 N–H and O–H groups in total. The van der Waals surface area contributed by atoms with Crippen LogP contribution in [0.3, 0.4) is 0 Å². The molecule has 31 heavy (non-hydrogen) atoms. The number of allylic oxidation sites excluding steroid dienone is 4. The van der Waals surface area contributed by atoms with Gasteiger partial charge in [-0.1, -0.05) is 30.2 Å². The van der Waals surface area contributed by atoms with E-state index >= 15 is 0 Å². The molecule has 0 radical (unpaired) electrons. The third-order valence-electron chi connectivity index (χ3n) is 5.62. The van der Waals surface area contributed by atoms with Crippen LogP contribution in [0.5, 0.6) is 11.5 Å². The van der Waals surface area contributed by atoms with Gasteiger partial charge in [0.2, 0.25) is 0 Å². The average molecular weight is 425 g/mol. The molecule has 1 unspecified atom stereocenters. The van der Waals surface area contributed by atoms with Gasteiger partial charge in [-0.3, -0.25) is 4.79 Å². The maximum atomic E-state index is 12.9. The number of carbonyl (C=O) groups is 1. The molecule has 0 amide bonds. The summed E-state index contributed by atoms with van der Waals surface area (Å²) in [7, 11) is 0. The quantitative estimate of drug-likeness (QED) is 0.318. The van der Waals surface area contributed by atoms with Crippen LogP contribution < -0.4 is 10.4 Å². The van der Waals surface area contributed by atoms with Crippen LogP contribution in [0.25, 0.3) is 11.0 Å². The summed E-state index contributed by atoms with van der Waals surface area (Å²) in [5, 5.41) is 11.8. The van der Waals surface area contributed by atoms with Crippen molar-refractivity contribution in [3.8, 4) is 11.5 Å². The highest BCUT2D eigenvalue weighted by molar-refractivity contribution is 6.11. The van der Waals surface area contributed by atoms with Gasteiger partial charge in [-0.25, -0.2) is 4.79 Å². The van der Waals surface area contributed by atoms with Crippen molar-refractivity contribution in [1.82, 2.24) is 0 Å². The average Bonchev–Trinajstić information content (AvgIpc) is 2.66. The van der Waals surface area contributed by atoms with E-state index in [0.717, 1.165) is 18.4 Å². The van der Waals surface area contributed by atoms with Gasteiger partial charge in [-0.2, -0.15) is 0 Å². The van der Waals surface area contributed by atoms with Crippen molar-refractivity contribution >= 4 is 16.8 Å². The number of ketones is 1. The van der Waals surface area contributed by atoms with E-state index in [4.69, 9.17) is 9.15 Å². The predicted molar refractivity (Wildman–Crippen MR) is 123 cm³/mol. The first-order chi connectivity index (χ1) is 14.7. The zero-order valence-electron chi connectivity index (χ0n) is 19.1. The lowest BCUT2D eigenvalue weighted by Gasteiger charge is -2.27. The van der Waals surface area contributed by atoms with Gasteiger partial charge in [-0.15, -0.1) is 0 Å². The van der Waals surface area contributed by atoms with Gasteiger partial charge in [0, 0.05) is 24.5 Å². The second-order valence-corrected chi connectivity index (χ2v) is 8.71. The van der Waals surface area contributed by atoms with Gasteiger partial charge in [-0.05, 0) is 58.9 Å². The molecule has 1 atom stereocenters. The van der Waals surface area contributed by atoms with E-state index < -0.39 is 5.63 Å². The number of Topliss-reactive ketones (excluding diaryl/α,β-unsaturated/α-hetero) is 1. The minimum atomic E-state index is -0.518. The second kappa shape index (κ2) is 9.54. The van der Waals surface area contributed by atoms with Crippen molar-refractivity contribution in [3.63, 3.8) is 0 Å². The van der Waals surface area contributed by atoms with Crippen molar-refractivity contribution in [2.75, 3.05) is 0 Å². The van der Waals surface area contributed by atoms with Crippen LogP contribution in [0.4, 0.5) is 0 Å². The Labute approximate surface area is 183 Å². The van der Waals surface area contributed by atoms with E-state index in [1.54, 1.807) is 0 Å². The molecule has 5 nitrogen and oxygen atoms in total. The third-order valence-corrected chi connectivity index (χ3v) is 5.62. The van der Waals surface area contributed by atoms with Gasteiger partial charge in [0.05, 0.1) is 5.39 Å².